The molecule has 0 amide bonds. The fraction of sp³-hybridized carbons (Fsp3) is 0.115. The number of hydrogen-bond acceptors (Lipinski definition) is 7. The summed E-state index contributed by atoms with van der Waals surface area (Å²) in [5, 5.41) is 7.19. The van der Waals surface area contributed by atoms with Crippen LogP contribution in [-0.2, 0) is 16.6 Å². The number of sulfonamides is 1. The van der Waals surface area contributed by atoms with E-state index in [1.54, 1.807) is 30.6 Å². The largest absolute Gasteiger partial charge is 0.336 e. The van der Waals surface area contributed by atoms with E-state index in [-0.39, 0.29) is 34.7 Å². The summed E-state index contributed by atoms with van der Waals surface area (Å²) in [7, 11) is -3.47. The first-order valence-electron chi connectivity index (χ1n) is 11.7. The maximum atomic E-state index is 15.9. The van der Waals surface area contributed by atoms with Gasteiger partial charge in [-0.25, -0.2) is 31.9 Å². The molecule has 0 atom stereocenters. The zero-order chi connectivity index (χ0) is 27.3. The zero-order valence-corrected chi connectivity index (χ0v) is 21.4. The lowest BCUT2D eigenvalue weighted by Gasteiger charge is -2.07. The molecule has 0 spiro atoms. The summed E-state index contributed by atoms with van der Waals surface area (Å²) in [6, 6.07) is 7.64. The van der Waals surface area contributed by atoms with E-state index in [1.165, 1.54) is 24.5 Å². The molecule has 10 nitrogen and oxygen atoms in total. The van der Waals surface area contributed by atoms with Gasteiger partial charge in [-0.05, 0) is 48.4 Å². The molecule has 0 bridgehead atoms. The molecule has 0 aliphatic carbocycles. The van der Waals surface area contributed by atoms with Gasteiger partial charge in [0.1, 0.15) is 22.8 Å². The standard InChI is InChI=1S/C26H20F2N8O2S/c1-13-3-5-29-11-17(13)18-12-31-25-20(21(18)28)24(35-36-25)26-33-19-4-6-30-22(23(19)34-26)15-7-14(8-16(27)9-15)10-32-39(2,37)38/h3-9,11-12,32H,10H2,1-2H3,(H,33,34)(H,31,35,36). The molecule has 0 radical (unpaired) electrons. The number of nitrogens with one attached hydrogen (secondary N) is 3. The molecule has 0 fully saturated rings. The number of benzene rings is 1. The number of aromatic amines is 2. The Morgan fingerprint density at radius 1 is 1.00 bits per heavy atom. The van der Waals surface area contributed by atoms with Crippen molar-refractivity contribution in [3.05, 3.63) is 77.9 Å². The number of aryl methyl sites for hydroxylation is 1. The van der Waals surface area contributed by atoms with E-state index in [0.29, 0.717) is 33.4 Å². The Bertz CT molecular complexity index is 2000. The number of rotatable bonds is 6. The smallest absolute Gasteiger partial charge is 0.209 e. The minimum Gasteiger partial charge on any atom is -0.336 e. The quantitative estimate of drug-likeness (QED) is 0.283. The van der Waals surface area contributed by atoms with E-state index in [2.05, 4.69) is 39.8 Å². The van der Waals surface area contributed by atoms with Gasteiger partial charge in [-0.3, -0.25) is 15.1 Å². The third-order valence-corrected chi connectivity index (χ3v) is 6.92. The number of H-pyrrole nitrogens is 2. The number of hydrogen-bond donors (Lipinski definition) is 3. The van der Waals surface area contributed by atoms with Crippen LogP contribution in [0.2, 0.25) is 0 Å². The van der Waals surface area contributed by atoms with E-state index in [9.17, 15) is 12.8 Å². The predicted molar refractivity (Wildman–Crippen MR) is 142 cm³/mol. The molecular formula is C26H20F2N8O2S. The average molecular weight is 547 g/mol. The second-order valence-corrected chi connectivity index (χ2v) is 10.9. The number of nitrogens with zero attached hydrogens (tertiary/aromatic N) is 5. The molecule has 1 aromatic carbocycles. The molecule has 0 saturated heterocycles. The lowest BCUT2D eigenvalue weighted by molar-refractivity contribution is 0.586. The second kappa shape index (κ2) is 9.29. The van der Waals surface area contributed by atoms with Gasteiger partial charge < -0.3 is 4.98 Å². The van der Waals surface area contributed by atoms with Gasteiger partial charge in [0.05, 0.1) is 22.9 Å². The number of aromatic nitrogens is 7. The van der Waals surface area contributed by atoms with Crippen LogP contribution in [0.15, 0.2) is 55.1 Å². The number of pyridine rings is 3. The topological polar surface area (TPSA) is 142 Å². The average Bonchev–Trinajstić information content (AvgIpc) is 3.52. The number of fused-ring (bicyclic) bond motifs is 2. The lowest BCUT2D eigenvalue weighted by Crippen LogP contribution is -2.21. The van der Waals surface area contributed by atoms with Gasteiger partial charge in [-0.2, -0.15) is 5.10 Å². The Morgan fingerprint density at radius 2 is 1.85 bits per heavy atom. The van der Waals surface area contributed by atoms with E-state index in [1.807, 2.05) is 6.92 Å². The highest BCUT2D eigenvalue weighted by Crippen LogP contribution is 2.35. The first kappa shape index (κ1) is 24.7. The van der Waals surface area contributed by atoms with Gasteiger partial charge in [-0.1, -0.05) is 0 Å². The molecule has 5 aromatic heterocycles. The van der Waals surface area contributed by atoms with Crippen molar-refractivity contribution in [1.82, 2.24) is 39.8 Å². The highest BCUT2D eigenvalue weighted by Gasteiger charge is 2.22. The highest BCUT2D eigenvalue weighted by molar-refractivity contribution is 7.88. The second-order valence-electron chi connectivity index (χ2n) is 9.05. The fourth-order valence-electron chi connectivity index (χ4n) is 4.42. The van der Waals surface area contributed by atoms with Gasteiger partial charge in [0, 0.05) is 48.0 Å². The van der Waals surface area contributed by atoms with Crippen molar-refractivity contribution in [2.75, 3.05) is 6.26 Å². The summed E-state index contributed by atoms with van der Waals surface area (Å²) in [4.78, 5) is 20.6. The van der Waals surface area contributed by atoms with Crippen molar-refractivity contribution in [1.29, 1.82) is 0 Å². The molecule has 0 aliphatic rings. The summed E-state index contributed by atoms with van der Waals surface area (Å²) in [6.07, 6.45) is 7.21. The summed E-state index contributed by atoms with van der Waals surface area (Å²) in [5.41, 5.74) is 4.35. The molecule has 3 N–H and O–H groups in total. The van der Waals surface area contributed by atoms with Crippen molar-refractivity contribution >= 4 is 32.1 Å². The van der Waals surface area contributed by atoms with Gasteiger partial charge >= 0.3 is 0 Å². The van der Waals surface area contributed by atoms with Gasteiger partial charge in [-0.15, -0.1) is 0 Å². The normalized spacial score (nSPS) is 12.0. The molecule has 196 valence electrons. The van der Waals surface area contributed by atoms with Crippen molar-refractivity contribution in [3.8, 4) is 33.9 Å². The minimum atomic E-state index is -3.47. The van der Waals surface area contributed by atoms with Crippen LogP contribution < -0.4 is 4.72 Å². The fourth-order valence-corrected chi connectivity index (χ4v) is 4.85. The van der Waals surface area contributed by atoms with Crippen LogP contribution in [0.4, 0.5) is 8.78 Å². The van der Waals surface area contributed by atoms with E-state index in [4.69, 9.17) is 0 Å². The summed E-state index contributed by atoms with van der Waals surface area (Å²) >= 11 is 0. The zero-order valence-electron chi connectivity index (χ0n) is 20.6. The number of imidazole rings is 1. The molecule has 6 rings (SSSR count). The van der Waals surface area contributed by atoms with Crippen molar-refractivity contribution in [2.24, 2.45) is 0 Å². The van der Waals surface area contributed by atoms with Crippen LogP contribution in [0.3, 0.4) is 0 Å². The SMILES string of the molecule is Cc1ccncc1-c1cnc2[nH]nc(-c3nc4c(-c5cc(F)cc(CNS(C)(=O)=O)c5)nccc4[nH]3)c2c1F. The van der Waals surface area contributed by atoms with Gasteiger partial charge in [0.2, 0.25) is 10.0 Å². The van der Waals surface area contributed by atoms with Crippen LogP contribution in [0.5, 0.6) is 0 Å². The van der Waals surface area contributed by atoms with Crippen molar-refractivity contribution < 1.29 is 17.2 Å². The highest BCUT2D eigenvalue weighted by atomic mass is 32.2. The Kier molecular flexibility index (Phi) is 5.88. The molecule has 13 heteroatoms. The van der Waals surface area contributed by atoms with Crippen LogP contribution in [-0.4, -0.2) is 49.8 Å². The molecule has 39 heavy (non-hydrogen) atoms. The predicted octanol–water partition coefficient (Wildman–Crippen LogP) is 4.26. The molecular weight excluding hydrogens is 526 g/mol. The molecule has 5 heterocycles. The Balaban J connectivity index is 1.47. The number of halogens is 2. The van der Waals surface area contributed by atoms with Crippen LogP contribution in [0, 0.1) is 18.6 Å². The summed E-state index contributed by atoms with van der Waals surface area (Å²) in [5.74, 6) is -0.814. The van der Waals surface area contributed by atoms with E-state index in [0.717, 1.165) is 11.8 Å². The first-order valence-corrected chi connectivity index (χ1v) is 13.6. The third-order valence-electron chi connectivity index (χ3n) is 6.25. The Morgan fingerprint density at radius 3 is 2.64 bits per heavy atom. The van der Waals surface area contributed by atoms with Crippen LogP contribution in [0.1, 0.15) is 11.1 Å². The van der Waals surface area contributed by atoms with Crippen LogP contribution >= 0.6 is 0 Å². The Hall–Kier alpha value is -4.62. The molecule has 0 aliphatic heterocycles. The van der Waals surface area contributed by atoms with E-state index >= 15 is 4.39 Å². The summed E-state index contributed by atoms with van der Waals surface area (Å²) in [6.45, 7) is 1.77. The third kappa shape index (κ3) is 4.62. The van der Waals surface area contributed by atoms with Gasteiger partial charge in [0.15, 0.2) is 11.5 Å². The van der Waals surface area contributed by atoms with E-state index < -0.39 is 21.7 Å². The monoisotopic (exact) mass is 546 g/mol. The van der Waals surface area contributed by atoms with Crippen LogP contribution in [0.25, 0.3) is 56.0 Å². The van der Waals surface area contributed by atoms with Crippen molar-refractivity contribution in [2.45, 2.75) is 13.5 Å². The lowest BCUT2D eigenvalue weighted by atomic mass is 10.0. The molecule has 0 saturated carbocycles. The maximum Gasteiger partial charge on any atom is 0.209 e. The van der Waals surface area contributed by atoms with Gasteiger partial charge in [0.25, 0.3) is 0 Å². The molecule has 0 unspecified atom stereocenters. The molecule has 6 aromatic rings. The first-order chi connectivity index (χ1) is 18.7. The van der Waals surface area contributed by atoms with Crippen molar-refractivity contribution in [3.63, 3.8) is 0 Å². The minimum absolute atomic E-state index is 0.0876. The summed E-state index contributed by atoms with van der Waals surface area (Å²) < 4.78 is 55.7. The maximum absolute atomic E-state index is 15.9. The Labute approximate surface area is 220 Å².